The van der Waals surface area contributed by atoms with Gasteiger partial charge in [-0.15, -0.1) is 10.2 Å². The highest BCUT2D eigenvalue weighted by molar-refractivity contribution is 8.03. The molecule has 0 spiro atoms. The van der Waals surface area contributed by atoms with Crippen LogP contribution >= 0.6 is 34.9 Å². The molecule has 0 N–H and O–H groups in total. The van der Waals surface area contributed by atoms with Crippen LogP contribution in [0.3, 0.4) is 0 Å². The van der Waals surface area contributed by atoms with Gasteiger partial charge in [-0.1, -0.05) is 34.9 Å². The summed E-state index contributed by atoms with van der Waals surface area (Å²) < 4.78 is 6.51. The maximum Gasteiger partial charge on any atom is 0.316 e. The first kappa shape index (κ1) is 11.8. The Hall–Kier alpha value is -0.270. The van der Waals surface area contributed by atoms with Crippen LogP contribution in [0.5, 0.6) is 0 Å². The average molecular weight is 250 g/mol. The quantitative estimate of drug-likeness (QED) is 0.588. The van der Waals surface area contributed by atoms with E-state index in [9.17, 15) is 4.79 Å². The fourth-order valence-corrected chi connectivity index (χ4v) is 2.90. The predicted octanol–water partition coefficient (Wildman–Crippen LogP) is 1.92. The molecule has 0 aliphatic carbocycles. The maximum absolute atomic E-state index is 11.0. The van der Waals surface area contributed by atoms with Crippen molar-refractivity contribution >= 4 is 40.8 Å². The molecule has 1 aromatic heterocycles. The predicted molar refractivity (Wildman–Crippen MR) is 59.0 cm³/mol. The fraction of sp³-hybridized carbons (Fsp3) is 0.571. The van der Waals surface area contributed by atoms with Gasteiger partial charge in [0, 0.05) is 0 Å². The molecule has 1 rings (SSSR count). The van der Waals surface area contributed by atoms with Crippen LogP contribution < -0.4 is 0 Å². The Kier molecular flexibility index (Phi) is 5.28. The van der Waals surface area contributed by atoms with E-state index >= 15 is 0 Å². The first-order chi connectivity index (χ1) is 6.76. The van der Waals surface area contributed by atoms with Crippen LogP contribution in [-0.4, -0.2) is 34.8 Å². The molecule has 78 valence electrons. The summed E-state index contributed by atoms with van der Waals surface area (Å²) in [6.07, 6.45) is 1.94. The third-order valence-electron chi connectivity index (χ3n) is 1.18. The highest BCUT2D eigenvalue weighted by Gasteiger charge is 2.07. The van der Waals surface area contributed by atoms with Crippen molar-refractivity contribution < 1.29 is 9.53 Å². The van der Waals surface area contributed by atoms with Crippen LogP contribution in [0.4, 0.5) is 0 Å². The zero-order valence-electron chi connectivity index (χ0n) is 7.85. The monoisotopic (exact) mass is 250 g/mol. The Labute approximate surface area is 94.8 Å². The largest absolute Gasteiger partial charge is 0.465 e. The lowest BCUT2D eigenvalue weighted by Crippen LogP contribution is -2.06. The van der Waals surface area contributed by atoms with E-state index in [2.05, 4.69) is 10.2 Å². The molecule has 0 aliphatic rings. The van der Waals surface area contributed by atoms with E-state index in [0.717, 1.165) is 8.68 Å². The number of esters is 1. The van der Waals surface area contributed by atoms with E-state index in [-0.39, 0.29) is 5.97 Å². The van der Waals surface area contributed by atoms with E-state index in [0.29, 0.717) is 12.4 Å². The highest BCUT2D eigenvalue weighted by Crippen LogP contribution is 2.27. The molecule has 7 heteroatoms. The number of nitrogens with zero attached hydrogens (tertiary/aromatic N) is 2. The van der Waals surface area contributed by atoms with Gasteiger partial charge in [-0.3, -0.25) is 4.79 Å². The molecular formula is C7H10N2O2S3. The molecule has 0 fully saturated rings. The second-order valence-corrected chi connectivity index (χ2v) is 5.39. The number of hydrogen-bond acceptors (Lipinski definition) is 7. The Bertz CT molecular complexity index is 303. The molecule has 0 saturated heterocycles. The molecule has 0 bridgehead atoms. The van der Waals surface area contributed by atoms with Crippen LogP contribution in [0, 0.1) is 0 Å². The van der Waals surface area contributed by atoms with Gasteiger partial charge in [-0.25, -0.2) is 0 Å². The number of aromatic nitrogens is 2. The zero-order chi connectivity index (χ0) is 10.4. The molecule has 0 atom stereocenters. The van der Waals surface area contributed by atoms with Crippen molar-refractivity contribution in [3.8, 4) is 0 Å². The number of carbonyl (C=O) groups excluding carboxylic acids is 1. The van der Waals surface area contributed by atoms with Crippen molar-refractivity contribution in [1.29, 1.82) is 0 Å². The summed E-state index contributed by atoms with van der Waals surface area (Å²) in [7, 11) is 0. The number of thioether (sulfide) groups is 2. The molecular weight excluding hydrogens is 240 g/mol. The molecule has 1 aromatic rings. The minimum atomic E-state index is -0.210. The molecule has 0 aliphatic heterocycles. The summed E-state index contributed by atoms with van der Waals surface area (Å²) in [4.78, 5) is 11.0. The first-order valence-electron chi connectivity index (χ1n) is 3.92. The van der Waals surface area contributed by atoms with Crippen molar-refractivity contribution in [2.45, 2.75) is 15.6 Å². The normalized spacial score (nSPS) is 10.1. The average Bonchev–Trinajstić information content (AvgIpc) is 2.63. The highest BCUT2D eigenvalue weighted by atomic mass is 32.2. The Morgan fingerprint density at radius 2 is 2.21 bits per heavy atom. The van der Waals surface area contributed by atoms with Gasteiger partial charge in [0.15, 0.2) is 8.68 Å². The first-order valence-corrected chi connectivity index (χ1v) is 6.95. The summed E-state index contributed by atoms with van der Waals surface area (Å²) in [5.41, 5.74) is 0. The second kappa shape index (κ2) is 6.26. The van der Waals surface area contributed by atoms with Crippen LogP contribution in [0.25, 0.3) is 0 Å². The summed E-state index contributed by atoms with van der Waals surface area (Å²) >= 11 is 4.40. The van der Waals surface area contributed by atoms with Gasteiger partial charge in [0.1, 0.15) is 0 Å². The van der Waals surface area contributed by atoms with Crippen molar-refractivity contribution in [1.82, 2.24) is 10.2 Å². The number of hydrogen-bond donors (Lipinski definition) is 0. The molecule has 0 amide bonds. The summed E-state index contributed by atoms with van der Waals surface area (Å²) in [6.45, 7) is 2.21. The van der Waals surface area contributed by atoms with Gasteiger partial charge in [0.2, 0.25) is 0 Å². The van der Waals surface area contributed by atoms with Gasteiger partial charge < -0.3 is 4.74 Å². The SMILES string of the molecule is CCOC(=O)CSc1nnc(SC)s1. The third kappa shape index (κ3) is 3.85. The van der Waals surface area contributed by atoms with Crippen molar-refractivity contribution in [2.75, 3.05) is 18.6 Å². The van der Waals surface area contributed by atoms with Crippen molar-refractivity contribution in [3.05, 3.63) is 0 Å². The summed E-state index contributed by atoms with van der Waals surface area (Å²) in [5.74, 6) is 0.0926. The number of carbonyl (C=O) groups is 1. The van der Waals surface area contributed by atoms with Crippen molar-refractivity contribution in [3.63, 3.8) is 0 Å². The van der Waals surface area contributed by atoms with Crippen LogP contribution in [0.2, 0.25) is 0 Å². The fourth-order valence-electron chi connectivity index (χ4n) is 0.661. The standard InChI is InChI=1S/C7H10N2O2S3/c1-3-11-5(10)4-13-7-9-8-6(12-2)14-7/h3-4H2,1-2H3. The second-order valence-electron chi connectivity index (χ2n) is 2.13. The van der Waals surface area contributed by atoms with E-state index in [1.54, 1.807) is 18.7 Å². The van der Waals surface area contributed by atoms with E-state index in [4.69, 9.17) is 4.74 Å². The van der Waals surface area contributed by atoms with E-state index in [1.807, 2.05) is 6.26 Å². The Morgan fingerprint density at radius 3 is 2.79 bits per heavy atom. The Morgan fingerprint density at radius 1 is 1.50 bits per heavy atom. The van der Waals surface area contributed by atoms with Crippen LogP contribution in [0.15, 0.2) is 8.68 Å². The van der Waals surface area contributed by atoms with Crippen LogP contribution in [-0.2, 0) is 9.53 Å². The number of rotatable bonds is 5. The molecule has 4 nitrogen and oxygen atoms in total. The molecule has 0 radical (unpaired) electrons. The van der Waals surface area contributed by atoms with Crippen molar-refractivity contribution in [2.24, 2.45) is 0 Å². The Balaban J connectivity index is 2.34. The van der Waals surface area contributed by atoms with Gasteiger partial charge in [0.05, 0.1) is 12.4 Å². The topological polar surface area (TPSA) is 52.1 Å². The zero-order valence-corrected chi connectivity index (χ0v) is 10.3. The summed E-state index contributed by atoms with van der Waals surface area (Å²) in [5, 5.41) is 7.84. The lowest BCUT2D eigenvalue weighted by molar-refractivity contribution is -0.139. The van der Waals surface area contributed by atoms with Gasteiger partial charge >= 0.3 is 5.97 Å². The molecule has 14 heavy (non-hydrogen) atoms. The van der Waals surface area contributed by atoms with Crippen LogP contribution in [0.1, 0.15) is 6.92 Å². The van der Waals surface area contributed by atoms with Gasteiger partial charge in [-0.05, 0) is 13.2 Å². The van der Waals surface area contributed by atoms with E-state index in [1.165, 1.54) is 23.1 Å². The van der Waals surface area contributed by atoms with Gasteiger partial charge in [-0.2, -0.15) is 0 Å². The molecule has 0 aromatic carbocycles. The maximum atomic E-state index is 11.0. The lowest BCUT2D eigenvalue weighted by Gasteiger charge is -1.97. The molecule has 1 heterocycles. The molecule has 0 saturated carbocycles. The minimum absolute atomic E-state index is 0.210. The third-order valence-corrected chi connectivity index (χ3v) is 4.19. The van der Waals surface area contributed by atoms with E-state index < -0.39 is 0 Å². The molecule has 0 unspecified atom stereocenters. The minimum Gasteiger partial charge on any atom is -0.465 e. The smallest absolute Gasteiger partial charge is 0.316 e. The number of ether oxygens (including phenoxy) is 1. The summed E-state index contributed by atoms with van der Waals surface area (Å²) in [6, 6.07) is 0. The lowest BCUT2D eigenvalue weighted by atomic mass is 10.8. The van der Waals surface area contributed by atoms with Gasteiger partial charge in [0.25, 0.3) is 0 Å².